The molecular weight excluding hydrogens is 191 g/mol. The molecule has 0 aliphatic heterocycles. The number of aromatic hydroxyl groups is 1. The third kappa shape index (κ3) is 3.90. The molecule has 0 radical (unpaired) electrons. The lowest BCUT2D eigenvalue weighted by molar-refractivity contribution is 0.386. The van der Waals surface area contributed by atoms with E-state index >= 15 is 0 Å². The minimum absolute atomic E-state index is 0.119. The quantitative estimate of drug-likeness (QED) is 0.633. The van der Waals surface area contributed by atoms with Gasteiger partial charge >= 0.3 is 7.60 Å². The van der Waals surface area contributed by atoms with Gasteiger partial charge in [0.05, 0.1) is 0 Å². The SMILES string of the molecule is O=P(O)(O)/C=C/c1ccc(O)cc1. The molecule has 0 aliphatic carbocycles. The highest BCUT2D eigenvalue weighted by molar-refractivity contribution is 7.55. The van der Waals surface area contributed by atoms with Gasteiger partial charge in [0.25, 0.3) is 0 Å². The molecule has 0 heterocycles. The molecule has 0 spiro atoms. The van der Waals surface area contributed by atoms with Crippen LogP contribution in [-0.4, -0.2) is 14.9 Å². The van der Waals surface area contributed by atoms with Gasteiger partial charge in [-0.25, -0.2) is 0 Å². The molecule has 4 nitrogen and oxygen atoms in total. The largest absolute Gasteiger partial charge is 0.508 e. The van der Waals surface area contributed by atoms with Crippen LogP contribution < -0.4 is 0 Å². The molecule has 0 bridgehead atoms. The van der Waals surface area contributed by atoms with Crippen LogP contribution in [0.5, 0.6) is 5.75 Å². The van der Waals surface area contributed by atoms with Crippen molar-refractivity contribution in [2.45, 2.75) is 0 Å². The standard InChI is InChI=1S/C8H9O4P/c9-8-3-1-7(2-4-8)5-6-13(10,11)12/h1-6,9H,(H2,10,11,12)/b6-5+. The number of rotatable bonds is 2. The zero-order chi connectivity index (χ0) is 9.90. The van der Waals surface area contributed by atoms with Crippen molar-refractivity contribution in [3.05, 3.63) is 35.6 Å². The molecule has 0 aromatic heterocycles. The summed E-state index contributed by atoms with van der Waals surface area (Å²) in [6.45, 7) is 0. The second-order valence-corrected chi connectivity index (χ2v) is 3.97. The summed E-state index contributed by atoms with van der Waals surface area (Å²) in [5.41, 5.74) is 0.626. The fourth-order valence-corrected chi connectivity index (χ4v) is 1.13. The first-order chi connectivity index (χ1) is 5.97. The lowest BCUT2D eigenvalue weighted by Crippen LogP contribution is -1.72. The monoisotopic (exact) mass is 200 g/mol. The van der Waals surface area contributed by atoms with Gasteiger partial charge < -0.3 is 14.9 Å². The van der Waals surface area contributed by atoms with Crippen LogP contribution in [0.25, 0.3) is 6.08 Å². The van der Waals surface area contributed by atoms with Crippen molar-refractivity contribution < 1.29 is 19.5 Å². The summed E-state index contributed by atoms with van der Waals surface area (Å²) >= 11 is 0. The van der Waals surface area contributed by atoms with Gasteiger partial charge in [0.2, 0.25) is 0 Å². The van der Waals surface area contributed by atoms with Crippen molar-refractivity contribution in [1.82, 2.24) is 0 Å². The molecule has 70 valence electrons. The van der Waals surface area contributed by atoms with E-state index in [2.05, 4.69) is 0 Å². The number of hydrogen-bond donors (Lipinski definition) is 3. The molecule has 3 N–H and O–H groups in total. The molecule has 13 heavy (non-hydrogen) atoms. The molecule has 5 heteroatoms. The molecule has 1 aromatic carbocycles. The van der Waals surface area contributed by atoms with E-state index in [1.54, 1.807) is 12.1 Å². The minimum atomic E-state index is -4.09. The maximum Gasteiger partial charge on any atom is 0.349 e. The Balaban J connectivity index is 2.81. The van der Waals surface area contributed by atoms with Gasteiger partial charge in [0.15, 0.2) is 0 Å². The number of phenolic OH excluding ortho intramolecular Hbond substituents is 1. The highest BCUT2D eigenvalue weighted by atomic mass is 31.2. The summed E-state index contributed by atoms with van der Waals surface area (Å²) < 4.78 is 10.4. The predicted molar refractivity (Wildman–Crippen MR) is 49.2 cm³/mol. The van der Waals surface area contributed by atoms with Crippen molar-refractivity contribution in [2.75, 3.05) is 0 Å². The first-order valence-electron chi connectivity index (χ1n) is 3.51. The van der Waals surface area contributed by atoms with E-state index < -0.39 is 7.60 Å². The average molecular weight is 200 g/mol. The molecular formula is C8H9O4P. The Morgan fingerprint density at radius 3 is 2.15 bits per heavy atom. The fourth-order valence-electron chi connectivity index (χ4n) is 0.769. The van der Waals surface area contributed by atoms with E-state index in [0.29, 0.717) is 5.56 Å². The Morgan fingerprint density at radius 1 is 1.15 bits per heavy atom. The van der Waals surface area contributed by atoms with Gasteiger partial charge in [-0.05, 0) is 23.8 Å². The lowest BCUT2D eigenvalue weighted by Gasteiger charge is -1.95. The smallest absolute Gasteiger partial charge is 0.349 e. The van der Waals surface area contributed by atoms with Gasteiger partial charge in [-0.1, -0.05) is 12.1 Å². The lowest BCUT2D eigenvalue weighted by atomic mass is 10.2. The molecule has 1 rings (SSSR count). The molecule has 0 fully saturated rings. The minimum Gasteiger partial charge on any atom is -0.508 e. The van der Waals surface area contributed by atoms with E-state index in [1.165, 1.54) is 18.2 Å². The van der Waals surface area contributed by atoms with Crippen LogP contribution in [-0.2, 0) is 4.57 Å². The third-order valence-electron chi connectivity index (χ3n) is 1.35. The van der Waals surface area contributed by atoms with Gasteiger partial charge in [-0.15, -0.1) is 0 Å². The number of benzene rings is 1. The maximum atomic E-state index is 10.4. The summed E-state index contributed by atoms with van der Waals surface area (Å²) in [6.07, 6.45) is 1.31. The van der Waals surface area contributed by atoms with E-state index in [-0.39, 0.29) is 5.75 Å². The van der Waals surface area contributed by atoms with Crippen molar-refractivity contribution in [1.29, 1.82) is 0 Å². The summed E-state index contributed by atoms with van der Waals surface area (Å²) in [5.74, 6) is 0.938. The third-order valence-corrected chi connectivity index (χ3v) is 1.89. The first kappa shape index (κ1) is 9.99. The maximum absolute atomic E-state index is 10.4. The highest BCUT2D eigenvalue weighted by Gasteiger charge is 2.04. The van der Waals surface area contributed by atoms with Gasteiger partial charge in [-0.2, -0.15) is 0 Å². The zero-order valence-electron chi connectivity index (χ0n) is 6.66. The van der Waals surface area contributed by atoms with Crippen LogP contribution in [0.15, 0.2) is 30.1 Å². The van der Waals surface area contributed by atoms with E-state index in [9.17, 15) is 4.57 Å². The Kier molecular flexibility index (Phi) is 2.88. The Labute approximate surface area is 75.3 Å². The van der Waals surface area contributed by atoms with Gasteiger partial charge in [0, 0.05) is 5.82 Å². The Bertz CT molecular complexity index is 349. The molecule has 0 amide bonds. The zero-order valence-corrected chi connectivity index (χ0v) is 7.56. The number of phenols is 1. The van der Waals surface area contributed by atoms with Crippen LogP contribution in [0, 0.1) is 0 Å². The van der Waals surface area contributed by atoms with Crippen molar-refractivity contribution in [3.63, 3.8) is 0 Å². The van der Waals surface area contributed by atoms with Crippen molar-refractivity contribution in [2.24, 2.45) is 0 Å². The van der Waals surface area contributed by atoms with Crippen LogP contribution >= 0.6 is 7.60 Å². The van der Waals surface area contributed by atoms with Crippen molar-refractivity contribution >= 4 is 13.7 Å². The molecule has 0 aliphatic rings. The van der Waals surface area contributed by atoms with Gasteiger partial charge in [-0.3, -0.25) is 4.57 Å². The molecule has 1 aromatic rings. The number of hydrogen-bond acceptors (Lipinski definition) is 2. The van der Waals surface area contributed by atoms with E-state index in [0.717, 1.165) is 5.82 Å². The summed E-state index contributed by atoms with van der Waals surface area (Å²) in [7, 11) is -4.09. The Morgan fingerprint density at radius 2 is 1.69 bits per heavy atom. The average Bonchev–Trinajstić information content (AvgIpc) is 2.02. The van der Waals surface area contributed by atoms with Crippen LogP contribution in [0.3, 0.4) is 0 Å². The van der Waals surface area contributed by atoms with Crippen LogP contribution in [0.1, 0.15) is 5.56 Å². The molecule has 0 saturated heterocycles. The normalized spacial score (nSPS) is 12.2. The fraction of sp³-hybridized carbons (Fsp3) is 0. The van der Waals surface area contributed by atoms with E-state index in [4.69, 9.17) is 14.9 Å². The first-order valence-corrected chi connectivity index (χ1v) is 5.19. The van der Waals surface area contributed by atoms with E-state index in [1.807, 2.05) is 0 Å². The van der Waals surface area contributed by atoms with Crippen molar-refractivity contribution in [3.8, 4) is 5.75 Å². The topological polar surface area (TPSA) is 77.8 Å². The highest BCUT2D eigenvalue weighted by Crippen LogP contribution is 2.36. The summed E-state index contributed by atoms with van der Waals surface area (Å²) in [5, 5.41) is 8.91. The van der Waals surface area contributed by atoms with Gasteiger partial charge in [0.1, 0.15) is 5.75 Å². The predicted octanol–water partition coefficient (Wildman–Crippen LogP) is 1.54. The second kappa shape index (κ2) is 3.75. The molecule has 0 saturated carbocycles. The second-order valence-electron chi connectivity index (χ2n) is 2.50. The van der Waals surface area contributed by atoms with Crippen LogP contribution in [0.4, 0.5) is 0 Å². The summed E-state index contributed by atoms with van der Waals surface area (Å²) in [4.78, 5) is 17.0. The van der Waals surface area contributed by atoms with Crippen LogP contribution in [0.2, 0.25) is 0 Å². The molecule has 0 unspecified atom stereocenters. The molecule has 0 atom stereocenters. The summed E-state index contributed by atoms with van der Waals surface area (Å²) in [6, 6.07) is 6.00. The Hall–Kier alpha value is -1.09.